The normalized spacial score (nSPS) is 11.7. The first-order valence-electron chi connectivity index (χ1n) is 16.3. The Balaban J connectivity index is 1.32. The fourth-order valence-electron chi connectivity index (χ4n) is 4.97. The zero-order valence-electron chi connectivity index (χ0n) is 27.6. The van der Waals surface area contributed by atoms with Gasteiger partial charge in [-0.05, 0) is 100 Å². The summed E-state index contributed by atoms with van der Waals surface area (Å²) < 4.78 is 53.4. The SMILES string of the molecule is CC(C)(C)OC(=O)CCCCCCCCCCCCCc1cc(Oc2ccc(S(=O)(=O)Nc3ccc(C(=O)O)cn3)cc2)ccc1F. The van der Waals surface area contributed by atoms with Gasteiger partial charge in [0.25, 0.3) is 10.0 Å². The van der Waals surface area contributed by atoms with Crippen LogP contribution in [0.2, 0.25) is 0 Å². The van der Waals surface area contributed by atoms with Crippen LogP contribution in [0.15, 0.2) is 65.7 Å². The number of unbranched alkanes of at least 4 members (excludes halogenated alkanes) is 10. The van der Waals surface area contributed by atoms with Crippen molar-refractivity contribution in [1.29, 1.82) is 0 Å². The number of esters is 1. The maximum Gasteiger partial charge on any atom is 0.337 e. The van der Waals surface area contributed by atoms with Crippen molar-refractivity contribution in [3.8, 4) is 11.5 Å². The number of anilines is 1. The molecule has 2 N–H and O–H groups in total. The van der Waals surface area contributed by atoms with Gasteiger partial charge in [-0.25, -0.2) is 22.6 Å². The van der Waals surface area contributed by atoms with Gasteiger partial charge < -0.3 is 14.6 Å². The molecule has 9 nitrogen and oxygen atoms in total. The maximum atomic E-state index is 14.5. The second kappa shape index (κ2) is 18.4. The summed E-state index contributed by atoms with van der Waals surface area (Å²) >= 11 is 0. The smallest absolute Gasteiger partial charge is 0.337 e. The molecule has 3 rings (SSSR count). The molecule has 0 saturated heterocycles. The molecular formula is C36H47FN2O7S. The fourth-order valence-corrected chi connectivity index (χ4v) is 5.98. The molecule has 2 aromatic carbocycles. The van der Waals surface area contributed by atoms with Gasteiger partial charge in [-0.3, -0.25) is 9.52 Å². The molecule has 47 heavy (non-hydrogen) atoms. The number of carbonyl (C=O) groups is 2. The van der Waals surface area contributed by atoms with Gasteiger partial charge in [-0.15, -0.1) is 0 Å². The largest absolute Gasteiger partial charge is 0.478 e. The van der Waals surface area contributed by atoms with Gasteiger partial charge in [-0.1, -0.05) is 57.8 Å². The van der Waals surface area contributed by atoms with Crippen molar-refractivity contribution in [3.05, 3.63) is 77.7 Å². The van der Waals surface area contributed by atoms with Crippen molar-refractivity contribution in [1.82, 2.24) is 4.98 Å². The number of halogens is 1. The third-order valence-electron chi connectivity index (χ3n) is 7.38. The Kier molecular flexibility index (Phi) is 14.6. The minimum absolute atomic E-state index is 0.00861. The number of carboxylic acid groups (broad SMARTS) is 1. The van der Waals surface area contributed by atoms with Gasteiger partial charge in [0.05, 0.1) is 10.5 Å². The second-order valence-electron chi connectivity index (χ2n) is 12.6. The van der Waals surface area contributed by atoms with Crippen LogP contribution in [-0.2, 0) is 26.0 Å². The molecule has 0 aliphatic carbocycles. The number of pyridine rings is 1. The number of carboxylic acids is 1. The molecule has 0 spiro atoms. The standard InChI is InChI=1S/C36H47FN2O7S/c1-36(2,3)46-34(40)16-14-12-10-8-6-4-5-7-9-11-13-15-27-25-30(20-23-32(27)37)45-29-18-21-31(22-19-29)47(43,44)39-33-24-17-28(26-38-33)35(41)42/h17-26H,4-16H2,1-3H3,(H,38,39)(H,41,42). The quantitative estimate of drug-likeness (QED) is 0.0899. The molecule has 0 saturated carbocycles. The summed E-state index contributed by atoms with van der Waals surface area (Å²) in [7, 11) is -3.96. The molecule has 256 valence electrons. The minimum atomic E-state index is -3.96. The summed E-state index contributed by atoms with van der Waals surface area (Å²) in [5, 5.41) is 8.97. The predicted octanol–water partition coefficient (Wildman–Crippen LogP) is 9.08. The van der Waals surface area contributed by atoms with Crippen LogP contribution in [0.25, 0.3) is 0 Å². The summed E-state index contributed by atoms with van der Waals surface area (Å²) in [6.45, 7) is 5.66. The Bertz CT molecular complexity index is 1540. The first-order valence-corrected chi connectivity index (χ1v) is 17.8. The van der Waals surface area contributed by atoms with E-state index in [-0.39, 0.29) is 28.1 Å². The maximum absolute atomic E-state index is 14.5. The van der Waals surface area contributed by atoms with Gasteiger partial charge in [-0.2, -0.15) is 0 Å². The number of nitrogens with one attached hydrogen (secondary N) is 1. The molecule has 0 radical (unpaired) electrons. The fraction of sp³-hybridized carbons (Fsp3) is 0.472. The summed E-state index contributed by atoms with van der Waals surface area (Å²) in [6.07, 6.45) is 14.3. The molecular weight excluding hydrogens is 623 g/mol. The number of ether oxygens (including phenoxy) is 2. The van der Waals surface area contributed by atoms with Crippen LogP contribution >= 0.6 is 0 Å². The van der Waals surface area contributed by atoms with Crippen molar-refractivity contribution >= 4 is 27.8 Å². The third-order valence-corrected chi connectivity index (χ3v) is 8.75. The average Bonchev–Trinajstić information content (AvgIpc) is 3.00. The topological polar surface area (TPSA) is 132 Å². The van der Waals surface area contributed by atoms with E-state index in [4.69, 9.17) is 14.6 Å². The molecule has 0 bridgehead atoms. The molecule has 0 atom stereocenters. The summed E-state index contributed by atoms with van der Waals surface area (Å²) in [6, 6.07) is 12.9. The molecule has 0 unspecified atom stereocenters. The van der Waals surface area contributed by atoms with Crippen molar-refractivity contribution < 1.29 is 37.0 Å². The van der Waals surface area contributed by atoms with E-state index in [0.717, 1.165) is 44.7 Å². The number of nitrogens with zero attached hydrogens (tertiary/aromatic N) is 1. The molecule has 3 aromatic rings. The van der Waals surface area contributed by atoms with E-state index < -0.39 is 21.6 Å². The van der Waals surface area contributed by atoms with Crippen LogP contribution < -0.4 is 9.46 Å². The van der Waals surface area contributed by atoms with Gasteiger partial charge in [0.1, 0.15) is 28.7 Å². The predicted molar refractivity (Wildman–Crippen MR) is 180 cm³/mol. The number of aryl methyl sites for hydroxylation is 1. The van der Waals surface area contributed by atoms with Crippen LogP contribution in [0, 0.1) is 5.82 Å². The van der Waals surface area contributed by atoms with Crippen LogP contribution in [0.4, 0.5) is 10.2 Å². The van der Waals surface area contributed by atoms with Gasteiger partial charge in [0.2, 0.25) is 0 Å². The van der Waals surface area contributed by atoms with E-state index in [1.54, 1.807) is 12.1 Å². The monoisotopic (exact) mass is 670 g/mol. The Labute approximate surface area is 278 Å². The van der Waals surface area contributed by atoms with Crippen molar-refractivity contribution in [2.45, 2.75) is 115 Å². The van der Waals surface area contributed by atoms with Crippen molar-refractivity contribution in [3.63, 3.8) is 0 Å². The molecule has 0 aliphatic rings. The molecule has 1 aromatic heterocycles. The Morgan fingerprint density at radius 3 is 1.94 bits per heavy atom. The lowest BCUT2D eigenvalue weighted by Crippen LogP contribution is -2.23. The summed E-state index contributed by atoms with van der Waals surface area (Å²) in [4.78, 5) is 26.5. The molecule has 11 heteroatoms. The molecule has 0 aliphatic heterocycles. The number of aromatic carboxylic acids is 1. The van der Waals surface area contributed by atoms with Crippen molar-refractivity contribution in [2.24, 2.45) is 0 Å². The zero-order valence-corrected chi connectivity index (χ0v) is 28.4. The first-order chi connectivity index (χ1) is 22.3. The Hall–Kier alpha value is -3.99. The highest BCUT2D eigenvalue weighted by Gasteiger charge is 2.17. The van der Waals surface area contributed by atoms with E-state index in [9.17, 15) is 22.4 Å². The van der Waals surface area contributed by atoms with E-state index in [1.807, 2.05) is 20.8 Å². The lowest BCUT2D eigenvalue weighted by Gasteiger charge is -2.19. The Morgan fingerprint density at radius 2 is 1.38 bits per heavy atom. The minimum Gasteiger partial charge on any atom is -0.478 e. The summed E-state index contributed by atoms with van der Waals surface area (Å²) in [5.41, 5.74) is 0.112. The molecule has 0 fully saturated rings. The van der Waals surface area contributed by atoms with E-state index >= 15 is 0 Å². The number of benzene rings is 2. The number of hydrogen-bond donors (Lipinski definition) is 2. The number of sulfonamides is 1. The van der Waals surface area contributed by atoms with Gasteiger partial charge in [0.15, 0.2) is 0 Å². The van der Waals surface area contributed by atoms with E-state index in [0.29, 0.717) is 29.9 Å². The van der Waals surface area contributed by atoms with E-state index in [2.05, 4.69) is 9.71 Å². The number of rotatable bonds is 20. The highest BCUT2D eigenvalue weighted by atomic mass is 32.2. The average molecular weight is 671 g/mol. The van der Waals surface area contributed by atoms with Crippen LogP contribution in [0.1, 0.15) is 114 Å². The lowest BCUT2D eigenvalue weighted by atomic mass is 10.0. The number of aromatic nitrogens is 1. The highest BCUT2D eigenvalue weighted by Crippen LogP contribution is 2.26. The lowest BCUT2D eigenvalue weighted by molar-refractivity contribution is -0.154. The van der Waals surface area contributed by atoms with Gasteiger partial charge in [0, 0.05) is 12.6 Å². The molecule has 1 heterocycles. The molecule has 0 amide bonds. The second-order valence-corrected chi connectivity index (χ2v) is 14.3. The zero-order chi connectivity index (χ0) is 34.3. The van der Waals surface area contributed by atoms with Gasteiger partial charge >= 0.3 is 11.9 Å². The van der Waals surface area contributed by atoms with Crippen LogP contribution in [-0.4, -0.2) is 36.0 Å². The number of hydrogen-bond acceptors (Lipinski definition) is 7. The van der Waals surface area contributed by atoms with E-state index in [1.165, 1.54) is 74.6 Å². The number of carbonyl (C=O) groups excluding carboxylic acids is 1. The van der Waals surface area contributed by atoms with Crippen LogP contribution in [0.5, 0.6) is 11.5 Å². The third kappa shape index (κ3) is 14.1. The first kappa shape index (κ1) is 37.5. The van der Waals surface area contributed by atoms with Crippen molar-refractivity contribution in [2.75, 3.05) is 4.72 Å². The Morgan fingerprint density at radius 1 is 0.809 bits per heavy atom. The van der Waals surface area contributed by atoms with Crippen LogP contribution in [0.3, 0.4) is 0 Å². The summed E-state index contributed by atoms with van der Waals surface area (Å²) in [5.74, 6) is -0.703. The highest BCUT2D eigenvalue weighted by molar-refractivity contribution is 7.92.